The maximum atomic E-state index is 14.1. The number of nitriles is 1. The average Bonchev–Trinajstić information content (AvgIpc) is 2.80. The molecule has 4 nitrogen and oxygen atoms in total. The zero-order valence-electron chi connectivity index (χ0n) is 18.5. The summed E-state index contributed by atoms with van der Waals surface area (Å²) >= 11 is 0. The van der Waals surface area contributed by atoms with E-state index in [1.807, 2.05) is 26.1 Å². The standard InChI is InChI=1S/C26H30FN3O/c1-4-6-22-21(13-14-29-24(22)5-2)20-10-8-19(9-11-20)17(3)26(31)30-25-12-7-18(16-28)15-23(25)27/h4,6-7,12-15,17,19-20H,5,8-11H2,1-3H3,(H,30,31)/b6-4-. The predicted molar refractivity (Wildman–Crippen MR) is 122 cm³/mol. The van der Waals surface area contributed by atoms with E-state index in [-0.39, 0.29) is 29.0 Å². The molecule has 2 aromatic rings. The van der Waals surface area contributed by atoms with Gasteiger partial charge in [-0.1, -0.05) is 26.0 Å². The van der Waals surface area contributed by atoms with Crippen LogP contribution in [-0.4, -0.2) is 10.9 Å². The summed E-state index contributed by atoms with van der Waals surface area (Å²) in [6.07, 6.45) is 11.1. The number of hydrogen-bond donors (Lipinski definition) is 1. The van der Waals surface area contributed by atoms with Crippen LogP contribution in [0, 0.1) is 29.0 Å². The zero-order valence-corrected chi connectivity index (χ0v) is 18.5. The molecule has 1 aliphatic rings. The Bertz CT molecular complexity index is 1000. The lowest BCUT2D eigenvalue weighted by Crippen LogP contribution is -2.30. The number of nitrogens with zero attached hydrogens (tertiary/aromatic N) is 2. The van der Waals surface area contributed by atoms with Crippen LogP contribution in [0.25, 0.3) is 6.08 Å². The molecule has 1 saturated carbocycles. The van der Waals surface area contributed by atoms with Crippen molar-refractivity contribution in [3.8, 4) is 6.07 Å². The second-order valence-electron chi connectivity index (χ2n) is 8.31. The number of nitrogens with one attached hydrogen (secondary N) is 1. The number of carbonyl (C=O) groups excluding carboxylic acids is 1. The summed E-state index contributed by atoms with van der Waals surface area (Å²) < 4.78 is 14.1. The van der Waals surface area contributed by atoms with Crippen molar-refractivity contribution in [2.75, 3.05) is 5.32 Å². The molecule has 3 rings (SSSR count). The van der Waals surface area contributed by atoms with Crippen LogP contribution in [0.15, 0.2) is 36.5 Å². The highest BCUT2D eigenvalue weighted by molar-refractivity contribution is 5.92. The van der Waals surface area contributed by atoms with E-state index < -0.39 is 5.82 Å². The first-order valence-corrected chi connectivity index (χ1v) is 11.1. The molecule has 0 aliphatic heterocycles. The molecule has 162 valence electrons. The lowest BCUT2D eigenvalue weighted by molar-refractivity contribution is -0.121. The molecule has 1 amide bonds. The number of halogens is 1. The minimum absolute atomic E-state index is 0.129. The van der Waals surface area contributed by atoms with Crippen molar-refractivity contribution in [1.29, 1.82) is 5.26 Å². The second kappa shape index (κ2) is 10.3. The van der Waals surface area contributed by atoms with Gasteiger partial charge in [0.25, 0.3) is 0 Å². The Morgan fingerprint density at radius 1 is 1.32 bits per heavy atom. The molecule has 0 spiro atoms. The molecular weight excluding hydrogens is 389 g/mol. The number of hydrogen-bond acceptors (Lipinski definition) is 3. The van der Waals surface area contributed by atoms with E-state index >= 15 is 0 Å². The molecular formula is C26H30FN3O. The largest absolute Gasteiger partial charge is 0.323 e. The molecule has 5 heteroatoms. The number of aryl methyl sites for hydroxylation is 1. The lowest BCUT2D eigenvalue weighted by Gasteiger charge is -2.32. The molecule has 1 fully saturated rings. The fraction of sp³-hybridized carbons (Fsp3) is 0.423. The Hall–Kier alpha value is -3.00. The fourth-order valence-corrected chi connectivity index (χ4v) is 4.61. The van der Waals surface area contributed by atoms with Crippen LogP contribution in [0.1, 0.15) is 74.8 Å². The van der Waals surface area contributed by atoms with Gasteiger partial charge >= 0.3 is 0 Å². The van der Waals surface area contributed by atoms with E-state index in [1.54, 1.807) is 0 Å². The second-order valence-corrected chi connectivity index (χ2v) is 8.31. The van der Waals surface area contributed by atoms with Crippen molar-refractivity contribution < 1.29 is 9.18 Å². The van der Waals surface area contributed by atoms with Crippen molar-refractivity contribution in [2.45, 2.75) is 58.8 Å². The SMILES string of the molecule is C/C=C\c1c(C2CCC(C(C)C(=O)Nc3ccc(C#N)cc3F)CC2)ccnc1CC. The highest BCUT2D eigenvalue weighted by Crippen LogP contribution is 2.40. The highest BCUT2D eigenvalue weighted by Gasteiger charge is 2.31. The van der Waals surface area contributed by atoms with Crippen molar-refractivity contribution >= 4 is 17.7 Å². The fourth-order valence-electron chi connectivity index (χ4n) is 4.61. The minimum Gasteiger partial charge on any atom is -0.323 e. The molecule has 1 aromatic carbocycles. The first-order valence-electron chi connectivity index (χ1n) is 11.1. The number of aromatic nitrogens is 1. The van der Waals surface area contributed by atoms with Gasteiger partial charge in [-0.3, -0.25) is 9.78 Å². The van der Waals surface area contributed by atoms with Crippen molar-refractivity contribution in [3.63, 3.8) is 0 Å². The van der Waals surface area contributed by atoms with Crippen LogP contribution in [0.4, 0.5) is 10.1 Å². The van der Waals surface area contributed by atoms with E-state index in [0.717, 1.165) is 43.9 Å². The van der Waals surface area contributed by atoms with Gasteiger partial charge in [0.05, 0.1) is 17.3 Å². The van der Waals surface area contributed by atoms with Crippen LogP contribution < -0.4 is 5.32 Å². The number of benzene rings is 1. The summed E-state index contributed by atoms with van der Waals surface area (Å²) in [5.41, 5.74) is 4.11. The van der Waals surface area contributed by atoms with Gasteiger partial charge in [-0.25, -0.2) is 4.39 Å². The van der Waals surface area contributed by atoms with E-state index in [2.05, 4.69) is 35.4 Å². The summed E-state index contributed by atoms with van der Waals surface area (Å²) in [7, 11) is 0. The van der Waals surface area contributed by atoms with Gasteiger partial charge in [-0.2, -0.15) is 5.26 Å². The number of allylic oxidation sites excluding steroid dienone is 1. The molecule has 1 unspecified atom stereocenters. The Kier molecular flexibility index (Phi) is 7.57. The van der Waals surface area contributed by atoms with E-state index in [0.29, 0.717) is 5.92 Å². The normalized spacial score (nSPS) is 19.7. The third kappa shape index (κ3) is 5.19. The molecule has 1 atom stereocenters. The predicted octanol–water partition coefficient (Wildman–Crippen LogP) is 6.24. The first kappa shape index (κ1) is 22.7. The van der Waals surface area contributed by atoms with Gasteiger partial charge in [0.15, 0.2) is 0 Å². The maximum absolute atomic E-state index is 14.1. The molecule has 1 heterocycles. The van der Waals surface area contributed by atoms with Gasteiger partial charge in [0.1, 0.15) is 5.82 Å². The van der Waals surface area contributed by atoms with E-state index in [4.69, 9.17) is 5.26 Å². The molecule has 1 aromatic heterocycles. The Balaban J connectivity index is 1.64. The number of rotatable bonds is 6. The summed E-state index contributed by atoms with van der Waals surface area (Å²) in [4.78, 5) is 17.3. The van der Waals surface area contributed by atoms with Gasteiger partial charge in [0, 0.05) is 17.8 Å². The zero-order chi connectivity index (χ0) is 22.4. The van der Waals surface area contributed by atoms with Crippen LogP contribution >= 0.6 is 0 Å². The monoisotopic (exact) mass is 419 g/mol. The molecule has 0 radical (unpaired) electrons. The molecule has 1 N–H and O–H groups in total. The lowest BCUT2D eigenvalue weighted by atomic mass is 9.73. The summed E-state index contributed by atoms with van der Waals surface area (Å²) in [6.45, 7) is 6.09. The number of pyridine rings is 1. The molecule has 0 saturated heterocycles. The van der Waals surface area contributed by atoms with Crippen molar-refractivity contribution in [2.24, 2.45) is 11.8 Å². The third-order valence-corrected chi connectivity index (χ3v) is 6.46. The van der Waals surface area contributed by atoms with E-state index in [9.17, 15) is 9.18 Å². The van der Waals surface area contributed by atoms with Crippen molar-refractivity contribution in [3.05, 3.63) is 64.7 Å². The summed E-state index contributed by atoms with van der Waals surface area (Å²) in [6, 6.07) is 8.15. The average molecular weight is 420 g/mol. The number of carbonyl (C=O) groups is 1. The smallest absolute Gasteiger partial charge is 0.227 e. The summed E-state index contributed by atoms with van der Waals surface area (Å²) in [5.74, 6) is -0.199. The maximum Gasteiger partial charge on any atom is 0.227 e. The highest BCUT2D eigenvalue weighted by atomic mass is 19.1. The van der Waals surface area contributed by atoms with Crippen LogP contribution in [0.3, 0.4) is 0 Å². The Labute approximate surface area is 184 Å². The number of amides is 1. The molecule has 1 aliphatic carbocycles. The van der Waals surface area contributed by atoms with E-state index in [1.165, 1.54) is 23.3 Å². The van der Waals surface area contributed by atoms with Crippen LogP contribution in [-0.2, 0) is 11.2 Å². The molecule has 31 heavy (non-hydrogen) atoms. The van der Waals surface area contributed by atoms with Gasteiger partial charge < -0.3 is 5.32 Å². The topological polar surface area (TPSA) is 65.8 Å². The van der Waals surface area contributed by atoms with Gasteiger partial charge in [-0.15, -0.1) is 0 Å². The number of anilines is 1. The first-order chi connectivity index (χ1) is 15.0. The van der Waals surface area contributed by atoms with Crippen molar-refractivity contribution in [1.82, 2.24) is 4.98 Å². The molecule has 0 bridgehead atoms. The third-order valence-electron chi connectivity index (χ3n) is 6.46. The quantitative estimate of drug-likeness (QED) is 0.603. The van der Waals surface area contributed by atoms with Crippen LogP contribution in [0.2, 0.25) is 0 Å². The minimum atomic E-state index is -0.579. The van der Waals surface area contributed by atoms with Gasteiger partial charge in [0.2, 0.25) is 5.91 Å². The Morgan fingerprint density at radius 3 is 2.68 bits per heavy atom. The Morgan fingerprint density at radius 2 is 2.06 bits per heavy atom. The summed E-state index contributed by atoms with van der Waals surface area (Å²) in [5, 5.41) is 11.6. The van der Waals surface area contributed by atoms with Crippen LogP contribution in [0.5, 0.6) is 0 Å². The van der Waals surface area contributed by atoms with Gasteiger partial charge in [-0.05, 0) is 86.3 Å².